The highest BCUT2D eigenvalue weighted by Gasteiger charge is 2.28. The maximum Gasteiger partial charge on any atom is 0.235 e. The maximum absolute atomic E-state index is 5.50. The van der Waals surface area contributed by atoms with Crippen LogP contribution in [0, 0.1) is 0 Å². The molecule has 0 saturated carbocycles. The molecule has 0 radical (unpaired) electrons. The molecular weight excluding hydrogens is 705 g/mol. The lowest BCUT2D eigenvalue weighted by Crippen LogP contribution is -2.03. The van der Waals surface area contributed by atoms with Crippen molar-refractivity contribution in [1.82, 2.24) is 19.1 Å². The Labute approximate surface area is 326 Å². The van der Waals surface area contributed by atoms with Crippen LogP contribution < -0.4 is 0 Å². The number of nitrogens with zero attached hydrogens (tertiary/aromatic N) is 6. The summed E-state index contributed by atoms with van der Waals surface area (Å²) in [5.41, 5.74) is 11.5. The Bertz CT molecular complexity index is 3370. The standard InChI is InChI=1S/C49H32N6S/c1-50-29-37-42-41-35-20-10-13-23-39(35)54(33-17-7-4-8-18-33)45(41)43-36-21-11-14-24-40(36)55(46(43)47(42)56-48(37)51-2)49-52-38-22-12-9-19-34(38)44(53-49)32-27-25-31(26-28-32)30-15-5-3-6-16-30/h3-29H,2H2,1H3/b50-29-. The van der Waals surface area contributed by atoms with Crippen LogP contribution in [0.2, 0.25) is 0 Å². The number of benzene rings is 7. The zero-order chi connectivity index (χ0) is 37.3. The van der Waals surface area contributed by atoms with Crippen LogP contribution in [-0.2, 0) is 0 Å². The topological polar surface area (TPSA) is 60.4 Å². The van der Waals surface area contributed by atoms with Crippen molar-refractivity contribution in [2.45, 2.75) is 0 Å². The first-order chi connectivity index (χ1) is 27.7. The van der Waals surface area contributed by atoms with Crippen LogP contribution in [0.15, 0.2) is 168 Å². The number of aliphatic imine (C=N–C) groups is 2. The Kier molecular flexibility index (Phi) is 7.30. The molecule has 0 amide bonds. The summed E-state index contributed by atoms with van der Waals surface area (Å²) >= 11 is 1.64. The van der Waals surface area contributed by atoms with Gasteiger partial charge in [0.2, 0.25) is 5.95 Å². The number of fused-ring (bicyclic) bond motifs is 11. The third kappa shape index (κ3) is 4.68. The summed E-state index contributed by atoms with van der Waals surface area (Å²) in [7, 11) is 1.81. The van der Waals surface area contributed by atoms with E-state index in [4.69, 9.17) is 9.97 Å². The average molecular weight is 737 g/mol. The molecule has 11 aromatic rings. The summed E-state index contributed by atoms with van der Waals surface area (Å²) in [4.78, 5) is 20.0. The zero-order valence-corrected chi connectivity index (χ0v) is 31.2. The van der Waals surface area contributed by atoms with Crippen LogP contribution in [0.25, 0.3) is 98.6 Å². The Morgan fingerprint density at radius 3 is 1.86 bits per heavy atom. The minimum Gasteiger partial charge on any atom is -0.309 e. The molecule has 4 aromatic heterocycles. The molecule has 0 atom stereocenters. The van der Waals surface area contributed by atoms with Gasteiger partial charge in [0.1, 0.15) is 5.00 Å². The van der Waals surface area contributed by atoms with Gasteiger partial charge in [0.25, 0.3) is 0 Å². The lowest BCUT2D eigenvalue weighted by molar-refractivity contribution is 1.02. The van der Waals surface area contributed by atoms with Crippen LogP contribution in [0.1, 0.15) is 5.56 Å². The number of thiophene rings is 1. The molecule has 0 fully saturated rings. The number of aromatic nitrogens is 4. The van der Waals surface area contributed by atoms with E-state index in [0.29, 0.717) is 5.95 Å². The van der Waals surface area contributed by atoms with E-state index in [2.05, 4.69) is 171 Å². The largest absolute Gasteiger partial charge is 0.309 e. The molecule has 11 rings (SSSR count). The first-order valence-electron chi connectivity index (χ1n) is 18.6. The van der Waals surface area contributed by atoms with Gasteiger partial charge in [0, 0.05) is 62.4 Å². The van der Waals surface area contributed by atoms with E-state index >= 15 is 0 Å². The molecule has 0 aliphatic rings. The van der Waals surface area contributed by atoms with Gasteiger partial charge in [-0.15, -0.1) is 11.3 Å². The highest BCUT2D eigenvalue weighted by molar-refractivity contribution is 7.24. The Balaban J connectivity index is 1.32. The summed E-state index contributed by atoms with van der Waals surface area (Å²) in [6.07, 6.45) is 1.93. The number of hydrogen-bond donors (Lipinski definition) is 0. The highest BCUT2D eigenvalue weighted by Crippen LogP contribution is 2.51. The monoisotopic (exact) mass is 736 g/mol. The summed E-state index contributed by atoms with van der Waals surface area (Å²) in [6.45, 7) is 4.03. The lowest BCUT2D eigenvalue weighted by Gasteiger charge is -2.13. The Hall–Kier alpha value is -7.22. The molecule has 6 nitrogen and oxygen atoms in total. The van der Waals surface area contributed by atoms with Gasteiger partial charge in [-0.2, -0.15) is 0 Å². The molecular formula is C49H32N6S. The van der Waals surface area contributed by atoms with E-state index in [0.717, 1.165) is 97.7 Å². The molecule has 0 spiro atoms. The molecule has 0 aliphatic carbocycles. The first kappa shape index (κ1) is 32.2. The van der Waals surface area contributed by atoms with Crippen molar-refractivity contribution in [3.8, 4) is 34.0 Å². The fourth-order valence-corrected chi connectivity index (χ4v) is 9.65. The zero-order valence-electron chi connectivity index (χ0n) is 30.4. The third-order valence-electron chi connectivity index (χ3n) is 10.8. The minimum atomic E-state index is 0.604. The molecule has 0 N–H and O–H groups in total. The number of rotatable bonds is 6. The summed E-state index contributed by atoms with van der Waals surface area (Å²) in [6, 6.07) is 55.4. The molecule has 7 heteroatoms. The van der Waals surface area contributed by atoms with Gasteiger partial charge in [-0.05, 0) is 48.2 Å². The molecule has 0 saturated heterocycles. The third-order valence-corrected chi connectivity index (χ3v) is 12.0. The average Bonchev–Trinajstić information content (AvgIpc) is 3.92. The van der Waals surface area contributed by atoms with E-state index in [9.17, 15) is 0 Å². The van der Waals surface area contributed by atoms with Gasteiger partial charge in [-0.3, -0.25) is 14.6 Å². The Morgan fingerprint density at radius 1 is 0.554 bits per heavy atom. The van der Waals surface area contributed by atoms with E-state index in [1.807, 2.05) is 25.4 Å². The normalized spacial score (nSPS) is 12.0. The fraction of sp³-hybridized carbons (Fsp3) is 0.0204. The quantitative estimate of drug-likeness (QED) is 0.160. The van der Waals surface area contributed by atoms with E-state index in [1.54, 1.807) is 11.3 Å². The van der Waals surface area contributed by atoms with E-state index in [1.165, 1.54) is 5.56 Å². The van der Waals surface area contributed by atoms with Crippen LogP contribution in [0.3, 0.4) is 0 Å². The second kappa shape index (κ2) is 12.7. The molecule has 0 bridgehead atoms. The molecule has 4 heterocycles. The van der Waals surface area contributed by atoms with Crippen LogP contribution in [0.5, 0.6) is 0 Å². The second-order valence-corrected chi connectivity index (χ2v) is 14.9. The molecule has 0 unspecified atom stereocenters. The van der Waals surface area contributed by atoms with Gasteiger partial charge >= 0.3 is 0 Å². The molecule has 0 aliphatic heterocycles. The van der Waals surface area contributed by atoms with Crippen molar-refractivity contribution < 1.29 is 0 Å². The minimum absolute atomic E-state index is 0.604. The van der Waals surface area contributed by atoms with Gasteiger partial charge in [-0.1, -0.05) is 127 Å². The smallest absolute Gasteiger partial charge is 0.235 e. The van der Waals surface area contributed by atoms with Gasteiger partial charge < -0.3 is 4.57 Å². The fourth-order valence-electron chi connectivity index (χ4n) is 8.53. The van der Waals surface area contributed by atoms with Crippen LogP contribution in [0.4, 0.5) is 5.00 Å². The van der Waals surface area contributed by atoms with Crippen molar-refractivity contribution in [3.63, 3.8) is 0 Å². The van der Waals surface area contributed by atoms with Crippen molar-refractivity contribution >= 4 is 93.9 Å². The second-order valence-electron chi connectivity index (χ2n) is 13.9. The van der Waals surface area contributed by atoms with Crippen LogP contribution >= 0.6 is 11.3 Å². The molecule has 264 valence electrons. The summed E-state index contributed by atoms with van der Waals surface area (Å²) < 4.78 is 5.77. The summed E-state index contributed by atoms with van der Waals surface area (Å²) in [5.74, 6) is 0.604. The number of para-hydroxylation sites is 4. The van der Waals surface area contributed by atoms with Crippen molar-refractivity contribution in [1.29, 1.82) is 0 Å². The van der Waals surface area contributed by atoms with Gasteiger partial charge in [0.15, 0.2) is 0 Å². The maximum atomic E-state index is 5.50. The Morgan fingerprint density at radius 2 is 1.14 bits per heavy atom. The predicted octanol–water partition coefficient (Wildman–Crippen LogP) is 12.8. The first-order valence-corrected chi connectivity index (χ1v) is 19.4. The SMILES string of the molecule is C=Nc1sc2c(c1/C=N\C)c1c3ccccc3n(-c3ccccc3)c1c1c3ccccc3n(-c3nc(-c4ccc(-c5ccccc5)cc4)c4ccccc4n3)c21. The van der Waals surface area contributed by atoms with Crippen molar-refractivity contribution in [3.05, 3.63) is 163 Å². The van der Waals surface area contributed by atoms with Crippen molar-refractivity contribution in [2.24, 2.45) is 9.98 Å². The molecule has 7 aromatic carbocycles. The van der Waals surface area contributed by atoms with Crippen molar-refractivity contribution in [2.75, 3.05) is 7.05 Å². The number of hydrogen-bond acceptors (Lipinski definition) is 5. The van der Waals surface area contributed by atoms with Gasteiger partial charge in [-0.25, -0.2) is 9.97 Å². The summed E-state index contributed by atoms with van der Waals surface area (Å²) in [5, 5.41) is 7.49. The predicted molar refractivity (Wildman–Crippen MR) is 237 cm³/mol. The van der Waals surface area contributed by atoms with E-state index < -0.39 is 0 Å². The lowest BCUT2D eigenvalue weighted by atomic mass is 10.0. The molecule has 56 heavy (non-hydrogen) atoms. The highest BCUT2D eigenvalue weighted by atomic mass is 32.1. The van der Waals surface area contributed by atoms with E-state index in [-0.39, 0.29) is 0 Å². The van der Waals surface area contributed by atoms with Crippen LogP contribution in [-0.4, -0.2) is 39.1 Å². The van der Waals surface area contributed by atoms with Gasteiger partial charge in [0.05, 0.1) is 38.0 Å².